The van der Waals surface area contributed by atoms with Gasteiger partial charge in [-0.05, 0) is 6.42 Å². The minimum Gasteiger partial charge on any atom is -1.00 e. The molecule has 0 aliphatic carbocycles. The van der Waals surface area contributed by atoms with E-state index in [9.17, 15) is 0 Å². The molecule has 0 spiro atoms. The average molecular weight is 243 g/mol. The van der Waals surface area contributed by atoms with Crippen molar-refractivity contribution in [3.63, 3.8) is 0 Å². The molecule has 0 aromatic carbocycles. The Balaban J connectivity index is 0. The average Bonchev–Trinajstić information content (AvgIpc) is 2.31. The van der Waals surface area contributed by atoms with Crippen LogP contribution >= 0.6 is 0 Å². The van der Waals surface area contributed by atoms with Crippen molar-refractivity contribution in [2.75, 3.05) is 20.3 Å². The number of hydrogen-bond acceptors (Lipinski definition) is 2. The van der Waals surface area contributed by atoms with Crippen molar-refractivity contribution in [3.8, 4) is 0 Å². The molecule has 0 aromatic rings. The molecule has 0 N–H and O–H groups in total. The molecule has 0 bridgehead atoms. The van der Waals surface area contributed by atoms with Crippen molar-refractivity contribution in [2.45, 2.75) is 19.8 Å². The van der Waals surface area contributed by atoms with Gasteiger partial charge in [-0.15, -0.1) is 0 Å². The minimum atomic E-state index is 0. The molecule has 1 rings (SSSR count). The van der Waals surface area contributed by atoms with Gasteiger partial charge in [0.05, 0.1) is 6.67 Å². The van der Waals surface area contributed by atoms with Gasteiger partial charge in [0.2, 0.25) is 0 Å². The van der Waals surface area contributed by atoms with Crippen LogP contribution in [0.25, 0.3) is 0 Å². The minimum absolute atomic E-state index is 0. The van der Waals surface area contributed by atoms with Gasteiger partial charge in [0.25, 0.3) is 0 Å². The second-order valence-corrected chi connectivity index (χ2v) is 2.86. The Morgan fingerprint density at radius 1 is 1.33 bits per heavy atom. The number of unbranched alkanes of at least 4 members (excludes halogenated alkanes) is 1. The molecule has 0 unspecified atom stereocenters. The van der Waals surface area contributed by atoms with E-state index in [1.54, 1.807) is 0 Å². The van der Waals surface area contributed by atoms with Crippen LogP contribution in [-0.4, -0.2) is 30.1 Å². The summed E-state index contributed by atoms with van der Waals surface area (Å²) < 4.78 is 0. The first kappa shape index (κ1) is 15.3. The molecule has 0 radical (unpaired) electrons. The van der Waals surface area contributed by atoms with Crippen LogP contribution in [0.2, 0.25) is 0 Å². The van der Waals surface area contributed by atoms with Gasteiger partial charge >= 0.3 is 29.6 Å². The van der Waals surface area contributed by atoms with E-state index in [1.807, 2.05) is 0 Å². The van der Waals surface area contributed by atoms with E-state index in [4.69, 9.17) is 0 Å². The van der Waals surface area contributed by atoms with E-state index in [0.29, 0.717) is 0 Å². The molecule has 0 saturated heterocycles. The Morgan fingerprint density at radius 2 is 2.00 bits per heavy atom. The predicted molar refractivity (Wildman–Crippen MR) is 43.4 cm³/mol. The van der Waals surface area contributed by atoms with Crippen LogP contribution in [0.3, 0.4) is 0 Å². The summed E-state index contributed by atoms with van der Waals surface area (Å²) >= 11 is 0. The fourth-order valence-electron chi connectivity index (χ4n) is 1.10. The summed E-state index contributed by atoms with van der Waals surface area (Å²) in [5.41, 5.74) is 0. The van der Waals surface area contributed by atoms with Gasteiger partial charge in [-0.1, -0.05) is 13.3 Å². The largest absolute Gasteiger partial charge is 1.00 e. The third-order valence-electron chi connectivity index (χ3n) is 1.74. The molecule has 1 heterocycles. The Labute approximate surface area is 108 Å². The van der Waals surface area contributed by atoms with Gasteiger partial charge in [-0.3, -0.25) is 0 Å². The number of halogens is 1. The molecule has 0 aromatic heterocycles. The Kier molecular flexibility index (Phi) is 10.7. The molecule has 2 nitrogen and oxygen atoms in total. The van der Waals surface area contributed by atoms with Crippen LogP contribution in [0.4, 0.5) is 0 Å². The second-order valence-electron chi connectivity index (χ2n) is 2.86. The fraction of sp³-hybridized carbons (Fsp3) is 0.750. The summed E-state index contributed by atoms with van der Waals surface area (Å²) in [6, 6.07) is 0. The number of nitrogens with zero attached hydrogens (tertiary/aromatic N) is 2. The molecular formula is C8H16BrN2Na. The van der Waals surface area contributed by atoms with Gasteiger partial charge in [0.1, 0.15) is 0 Å². The quantitative estimate of drug-likeness (QED) is 0.461. The predicted octanol–water partition coefficient (Wildman–Crippen LogP) is -4.53. The summed E-state index contributed by atoms with van der Waals surface area (Å²) in [6.07, 6.45) is 6.87. The smallest absolute Gasteiger partial charge is 1.00 e. The first-order valence-electron chi connectivity index (χ1n) is 3.95. The van der Waals surface area contributed by atoms with E-state index in [1.165, 1.54) is 19.4 Å². The summed E-state index contributed by atoms with van der Waals surface area (Å²) in [7, 11) is 2.10. The van der Waals surface area contributed by atoms with Gasteiger partial charge in [0, 0.05) is 26.0 Å². The van der Waals surface area contributed by atoms with Crippen LogP contribution < -0.4 is 46.5 Å². The van der Waals surface area contributed by atoms with E-state index >= 15 is 0 Å². The van der Waals surface area contributed by atoms with Crippen molar-refractivity contribution >= 4 is 0 Å². The number of hydrogen-bond donors (Lipinski definition) is 0. The Morgan fingerprint density at radius 3 is 2.42 bits per heavy atom. The van der Waals surface area contributed by atoms with Crippen molar-refractivity contribution in [2.24, 2.45) is 0 Å². The Hall–Kier alpha value is 0.820. The molecule has 0 fully saturated rings. The second kappa shape index (κ2) is 8.42. The monoisotopic (exact) mass is 242 g/mol. The first-order chi connectivity index (χ1) is 4.83. The maximum absolute atomic E-state index is 2.34. The Bertz CT molecular complexity index is 130. The molecule has 66 valence electrons. The van der Waals surface area contributed by atoms with E-state index in [0.717, 1.165) is 6.67 Å². The SMILES string of the molecule is CCCCN1C=CN(C)C1.[Br-].[Na+]. The van der Waals surface area contributed by atoms with Crippen molar-refractivity contribution < 1.29 is 46.5 Å². The van der Waals surface area contributed by atoms with Crippen LogP contribution in [0.15, 0.2) is 12.4 Å². The normalized spacial score (nSPS) is 14.2. The standard InChI is InChI=1S/C8H16N2.BrH.Na/c1-3-4-5-10-7-6-9(2)8-10;;/h6-7H,3-5,8H2,1-2H3;1H;/q;;+1/p-1. The molecule has 0 amide bonds. The molecular weight excluding hydrogens is 227 g/mol. The molecule has 0 saturated carbocycles. The van der Waals surface area contributed by atoms with Crippen LogP contribution in [0.1, 0.15) is 19.8 Å². The maximum Gasteiger partial charge on any atom is 1.00 e. The van der Waals surface area contributed by atoms with Gasteiger partial charge in [0.15, 0.2) is 0 Å². The van der Waals surface area contributed by atoms with Crippen molar-refractivity contribution in [1.82, 2.24) is 9.80 Å². The van der Waals surface area contributed by atoms with Crippen LogP contribution in [-0.2, 0) is 0 Å². The molecule has 1 aliphatic rings. The van der Waals surface area contributed by atoms with E-state index in [2.05, 4.69) is 36.2 Å². The zero-order chi connectivity index (χ0) is 7.40. The summed E-state index contributed by atoms with van der Waals surface area (Å²) in [4.78, 5) is 4.53. The summed E-state index contributed by atoms with van der Waals surface area (Å²) in [5, 5.41) is 0. The summed E-state index contributed by atoms with van der Waals surface area (Å²) in [5.74, 6) is 0. The molecule has 4 heteroatoms. The van der Waals surface area contributed by atoms with Crippen molar-refractivity contribution in [1.29, 1.82) is 0 Å². The van der Waals surface area contributed by atoms with Crippen LogP contribution in [0, 0.1) is 0 Å². The third kappa shape index (κ3) is 5.46. The first-order valence-corrected chi connectivity index (χ1v) is 3.95. The zero-order valence-electron chi connectivity index (χ0n) is 8.26. The zero-order valence-corrected chi connectivity index (χ0v) is 11.8. The van der Waals surface area contributed by atoms with Crippen molar-refractivity contribution in [3.05, 3.63) is 12.4 Å². The van der Waals surface area contributed by atoms with E-state index < -0.39 is 0 Å². The van der Waals surface area contributed by atoms with Gasteiger partial charge < -0.3 is 26.8 Å². The fourth-order valence-corrected chi connectivity index (χ4v) is 1.10. The topological polar surface area (TPSA) is 6.48 Å². The van der Waals surface area contributed by atoms with Gasteiger partial charge in [-0.25, -0.2) is 0 Å². The molecule has 1 aliphatic heterocycles. The van der Waals surface area contributed by atoms with Crippen LogP contribution in [0.5, 0.6) is 0 Å². The molecule has 12 heavy (non-hydrogen) atoms. The third-order valence-corrected chi connectivity index (χ3v) is 1.74. The van der Waals surface area contributed by atoms with Gasteiger partial charge in [-0.2, -0.15) is 0 Å². The van der Waals surface area contributed by atoms with E-state index in [-0.39, 0.29) is 46.5 Å². The number of rotatable bonds is 3. The summed E-state index contributed by atoms with van der Waals surface area (Å²) in [6.45, 7) is 4.50. The maximum atomic E-state index is 2.34. The molecule has 0 atom stereocenters.